The zero-order valence-corrected chi connectivity index (χ0v) is 47.9. The lowest BCUT2D eigenvalue weighted by atomic mass is 10.1. The van der Waals surface area contributed by atoms with Gasteiger partial charge in [0.1, 0.15) is 11.4 Å². The zero-order valence-electron chi connectivity index (χ0n) is 47.9. The molecule has 4 saturated heterocycles. The molecule has 4 fully saturated rings. The number of carboxylic acids is 1. The van der Waals surface area contributed by atoms with Gasteiger partial charge in [-0.05, 0) is 204 Å². The summed E-state index contributed by atoms with van der Waals surface area (Å²) in [6, 6.07) is 20.0. The molecule has 0 atom stereocenters. The highest BCUT2D eigenvalue weighted by atomic mass is 16.4. The van der Waals surface area contributed by atoms with Gasteiger partial charge in [0.2, 0.25) is 0 Å². The third-order valence-electron chi connectivity index (χ3n) is 16.6. The maximum atomic E-state index is 13.2. The average Bonchev–Trinajstić information content (AvgIpc) is 4.24. The van der Waals surface area contributed by atoms with E-state index >= 15 is 0 Å². The van der Waals surface area contributed by atoms with E-state index in [1.165, 1.54) is 90.6 Å². The van der Waals surface area contributed by atoms with Crippen molar-refractivity contribution in [3.63, 3.8) is 0 Å². The van der Waals surface area contributed by atoms with Crippen LogP contribution in [0.2, 0.25) is 0 Å². The molecule has 19 nitrogen and oxygen atoms in total. The number of carbonyl (C=O) groups excluding carboxylic acids is 1. The number of hydrogen-bond donors (Lipinski definition) is 5. The lowest BCUT2D eigenvalue weighted by Gasteiger charge is -2.29. The lowest BCUT2D eigenvalue weighted by Crippen LogP contribution is -2.43. The van der Waals surface area contributed by atoms with E-state index in [0.717, 1.165) is 132 Å². The predicted molar refractivity (Wildman–Crippen MR) is 325 cm³/mol. The highest BCUT2D eigenvalue weighted by molar-refractivity contribution is 5.99. The molecular weight excluding hydrogens is 1020 g/mol. The second kappa shape index (κ2) is 27.1. The molecule has 81 heavy (non-hydrogen) atoms. The molecule has 0 aromatic carbocycles. The molecule has 0 saturated carbocycles. The molecule has 0 spiro atoms. The van der Waals surface area contributed by atoms with Crippen molar-refractivity contribution in [2.75, 3.05) is 103 Å². The number of aromatic nitrogens is 8. The van der Waals surface area contributed by atoms with Crippen LogP contribution in [0, 0.1) is 0 Å². The number of amides is 1. The van der Waals surface area contributed by atoms with Crippen LogP contribution >= 0.6 is 0 Å². The lowest BCUT2D eigenvalue weighted by molar-refractivity contribution is 0.0686. The summed E-state index contributed by atoms with van der Waals surface area (Å²) in [6.07, 6.45) is 21.7. The molecule has 12 heterocycles. The van der Waals surface area contributed by atoms with Gasteiger partial charge in [-0.1, -0.05) is 12.8 Å². The van der Waals surface area contributed by atoms with Gasteiger partial charge in [-0.25, -0.2) is 24.7 Å². The smallest absolute Gasteiger partial charge is 0.352 e. The Morgan fingerprint density at radius 3 is 1.46 bits per heavy atom. The number of nitrogens with one attached hydrogen (secondary N) is 3. The van der Waals surface area contributed by atoms with E-state index in [9.17, 15) is 14.7 Å². The summed E-state index contributed by atoms with van der Waals surface area (Å²) in [4.78, 5) is 62.4. The number of piperidine rings is 4. The minimum Gasteiger partial charge on any atom is -0.477 e. The number of likely N-dealkylation sites (tertiary alicyclic amines) is 4. The SMILES string of the molecule is CN1CCC(N)CC1.CN1CCC(NC(=O)c2cc3nc(-c4cc(NCCCN5CCCCC5)c5cnccc5n4)ccc3n2C)CC1.Cn1c(C(=O)O)cc2nc(-c3cc(NCCCN4CCCCC4)c4cnccc4n3)ccc21. The third kappa shape index (κ3) is 14.5. The second-order valence-electron chi connectivity index (χ2n) is 22.6. The van der Waals surface area contributed by atoms with Crippen LogP contribution in [-0.2, 0) is 14.1 Å². The van der Waals surface area contributed by atoms with E-state index in [4.69, 9.17) is 25.7 Å². The first-order chi connectivity index (χ1) is 39.4. The van der Waals surface area contributed by atoms with Crippen LogP contribution in [0.3, 0.4) is 0 Å². The summed E-state index contributed by atoms with van der Waals surface area (Å²) in [7, 11) is 7.94. The fourth-order valence-corrected chi connectivity index (χ4v) is 11.7. The van der Waals surface area contributed by atoms with Gasteiger partial charge in [0.15, 0.2) is 0 Å². The zero-order chi connectivity index (χ0) is 56.2. The first kappa shape index (κ1) is 57.1. The summed E-state index contributed by atoms with van der Waals surface area (Å²) in [5.41, 5.74) is 16.5. The summed E-state index contributed by atoms with van der Waals surface area (Å²) in [5, 5.41) is 21.9. The number of anilines is 2. The normalized spacial score (nSPS) is 17.2. The number of aryl methyl sites for hydroxylation is 2. The molecule has 6 N–H and O–H groups in total. The summed E-state index contributed by atoms with van der Waals surface area (Å²) >= 11 is 0. The maximum Gasteiger partial charge on any atom is 0.352 e. The summed E-state index contributed by atoms with van der Waals surface area (Å²) in [6.45, 7) is 13.3. The van der Waals surface area contributed by atoms with Gasteiger partial charge in [-0.3, -0.25) is 14.8 Å². The fourth-order valence-electron chi connectivity index (χ4n) is 11.7. The molecule has 0 unspecified atom stereocenters. The number of fused-ring (bicyclic) bond motifs is 4. The Morgan fingerprint density at radius 2 is 0.988 bits per heavy atom. The van der Waals surface area contributed by atoms with Crippen LogP contribution in [0.4, 0.5) is 11.4 Å². The monoisotopic (exact) mass is 1100 g/mol. The van der Waals surface area contributed by atoms with E-state index in [0.29, 0.717) is 22.9 Å². The molecule has 428 valence electrons. The quantitative estimate of drug-likeness (QED) is 0.0608. The predicted octanol–water partition coefficient (Wildman–Crippen LogP) is 8.50. The maximum absolute atomic E-state index is 13.2. The standard InChI is InChI=1S/C31H40N8O.C25H28N6O2.C6H14N2/c1-37-17-10-22(11-18-37)34-31(40)30-20-28-29(38(30)2)8-7-25(36-28)27-19-26(23-21-32-13-9-24(23)35-27)33-12-6-16-39-14-4-3-5-15-39;1-30-23-7-6-19(29-22(23)15-24(30)25(32)33)21-14-20(17-16-26-10-8-18(17)28-21)27-9-5-13-31-11-3-2-4-12-31;1-8-4-2-6(7)3-5-8/h7-9,13,19-22H,3-6,10-12,14-18H2,1-2H3,(H,33,35)(H,34,40);6-8,10,14-16H,2-5,9,11-13H2,1H3,(H,27,28)(H,32,33);6H,2-5,7H2,1H3. The minimum absolute atomic E-state index is 0.0380. The van der Waals surface area contributed by atoms with Gasteiger partial charge in [-0.2, -0.15) is 0 Å². The molecule has 4 aliphatic heterocycles. The molecule has 8 aromatic rings. The van der Waals surface area contributed by atoms with E-state index in [1.807, 2.05) is 72.5 Å². The van der Waals surface area contributed by atoms with E-state index in [1.54, 1.807) is 30.1 Å². The molecule has 19 heteroatoms. The molecule has 1 amide bonds. The Bertz CT molecular complexity index is 3390. The van der Waals surface area contributed by atoms with Crippen LogP contribution in [0.25, 0.3) is 66.6 Å². The van der Waals surface area contributed by atoms with Gasteiger partial charge in [0.05, 0.1) is 55.9 Å². The van der Waals surface area contributed by atoms with E-state index < -0.39 is 5.97 Å². The van der Waals surface area contributed by atoms with Crippen molar-refractivity contribution >= 4 is 67.1 Å². The number of hydrogen-bond acceptors (Lipinski definition) is 15. The van der Waals surface area contributed by atoms with Crippen LogP contribution in [0.15, 0.2) is 85.5 Å². The Kier molecular flexibility index (Phi) is 19.1. The third-order valence-corrected chi connectivity index (χ3v) is 16.6. The van der Waals surface area contributed by atoms with Gasteiger partial charge in [0.25, 0.3) is 5.91 Å². The fraction of sp³-hybridized carbons (Fsp3) is 0.484. The van der Waals surface area contributed by atoms with Crippen LogP contribution in [0.5, 0.6) is 0 Å². The van der Waals surface area contributed by atoms with Crippen molar-refractivity contribution in [1.82, 2.24) is 64.0 Å². The number of rotatable bonds is 15. The molecule has 8 aromatic heterocycles. The van der Waals surface area contributed by atoms with Crippen molar-refractivity contribution in [3.05, 3.63) is 96.8 Å². The number of nitrogens with two attached hydrogens (primary N) is 1. The van der Waals surface area contributed by atoms with E-state index in [-0.39, 0.29) is 17.6 Å². The largest absolute Gasteiger partial charge is 0.477 e. The number of carboxylic acid groups (broad SMARTS) is 1. The molecule has 0 aliphatic carbocycles. The van der Waals surface area contributed by atoms with E-state index in [2.05, 4.69) is 65.7 Å². The number of nitrogens with zero attached hydrogens (tertiary/aromatic N) is 12. The topological polar surface area (TPSA) is 217 Å². The Balaban J connectivity index is 0.000000162. The van der Waals surface area contributed by atoms with Crippen molar-refractivity contribution in [3.8, 4) is 22.8 Å². The van der Waals surface area contributed by atoms with Crippen molar-refractivity contribution in [2.45, 2.75) is 89.1 Å². The van der Waals surface area contributed by atoms with Gasteiger partial charge in [-0.15, -0.1) is 0 Å². The summed E-state index contributed by atoms with van der Waals surface area (Å²) < 4.78 is 3.58. The molecule has 4 aliphatic rings. The van der Waals surface area contributed by atoms with Gasteiger partial charge in [0, 0.05) is 86.2 Å². The Hall–Kier alpha value is -7.16. The Morgan fingerprint density at radius 1 is 0.543 bits per heavy atom. The average molecular weight is 1100 g/mol. The Labute approximate surface area is 475 Å². The number of aromatic carboxylic acids is 1. The first-order valence-electron chi connectivity index (χ1n) is 29.5. The molecule has 0 bridgehead atoms. The number of pyridine rings is 6. The summed E-state index contributed by atoms with van der Waals surface area (Å²) in [5.74, 6) is -1.01. The molecule has 0 radical (unpaired) electrons. The minimum atomic E-state index is -0.968. The van der Waals surface area contributed by atoms with Crippen LogP contribution in [0.1, 0.15) is 98.0 Å². The van der Waals surface area contributed by atoms with Gasteiger partial charge < -0.3 is 55.5 Å². The first-order valence-corrected chi connectivity index (χ1v) is 29.5. The second-order valence-corrected chi connectivity index (χ2v) is 22.6. The van der Waals surface area contributed by atoms with Crippen LogP contribution in [-0.4, -0.2) is 180 Å². The molecule has 12 rings (SSSR count). The highest BCUT2D eigenvalue weighted by Gasteiger charge is 2.23. The van der Waals surface area contributed by atoms with Crippen molar-refractivity contribution in [2.24, 2.45) is 19.8 Å². The van der Waals surface area contributed by atoms with Crippen molar-refractivity contribution in [1.29, 1.82) is 0 Å². The van der Waals surface area contributed by atoms with Gasteiger partial charge >= 0.3 is 5.97 Å². The molecular formula is C62H82N16O3. The van der Waals surface area contributed by atoms with Crippen molar-refractivity contribution < 1.29 is 14.7 Å². The van der Waals surface area contributed by atoms with Crippen LogP contribution < -0.4 is 21.7 Å². The number of carbonyl (C=O) groups is 2. The highest BCUT2D eigenvalue weighted by Crippen LogP contribution is 2.31.